The summed E-state index contributed by atoms with van der Waals surface area (Å²) in [5.74, 6) is -0.125. The molecule has 0 bridgehead atoms. The Labute approximate surface area is 117 Å². The van der Waals surface area contributed by atoms with Gasteiger partial charge in [-0.2, -0.15) is 0 Å². The molecule has 2 nitrogen and oxygen atoms in total. The van der Waals surface area contributed by atoms with E-state index in [2.05, 4.69) is 5.32 Å². The second-order valence-electron chi connectivity index (χ2n) is 4.03. The van der Waals surface area contributed by atoms with Crippen molar-refractivity contribution in [1.82, 2.24) is 5.32 Å². The first kappa shape index (κ1) is 13.4. The van der Waals surface area contributed by atoms with Gasteiger partial charge in [-0.15, -0.1) is 0 Å². The number of nitrogens with one attached hydrogen (secondary N) is 1. The van der Waals surface area contributed by atoms with E-state index in [0.717, 1.165) is 5.56 Å². The smallest absolute Gasteiger partial charge is 0.251 e. The molecule has 0 aromatic heterocycles. The van der Waals surface area contributed by atoms with Crippen molar-refractivity contribution >= 4 is 23.6 Å². The number of carbonyl (C=O) groups is 1. The molecule has 0 spiro atoms. The third-order valence-electron chi connectivity index (χ3n) is 2.58. The highest BCUT2D eigenvalue weighted by Crippen LogP contribution is 2.10. The third kappa shape index (κ3) is 4.27. The van der Waals surface area contributed by atoms with E-state index in [1.807, 2.05) is 42.5 Å². The van der Waals surface area contributed by atoms with Gasteiger partial charge in [-0.05, 0) is 23.8 Å². The maximum atomic E-state index is 11.8. The number of halogens is 1. The van der Waals surface area contributed by atoms with Crippen LogP contribution in [0.4, 0.5) is 0 Å². The van der Waals surface area contributed by atoms with Crippen molar-refractivity contribution in [3.63, 3.8) is 0 Å². The molecule has 0 atom stereocenters. The molecule has 0 aliphatic carbocycles. The van der Waals surface area contributed by atoms with Crippen LogP contribution in [0.5, 0.6) is 0 Å². The first-order valence-electron chi connectivity index (χ1n) is 6.01. The fourth-order valence-electron chi connectivity index (χ4n) is 1.64. The third-order valence-corrected chi connectivity index (χ3v) is 2.81. The van der Waals surface area contributed by atoms with Crippen LogP contribution in [-0.4, -0.2) is 12.5 Å². The molecule has 0 radical (unpaired) electrons. The van der Waals surface area contributed by atoms with Crippen LogP contribution in [-0.2, 0) is 0 Å². The molecule has 0 saturated heterocycles. The normalized spacial score (nSPS) is 10.6. The summed E-state index contributed by atoms with van der Waals surface area (Å²) in [4.78, 5) is 11.8. The Hall–Kier alpha value is -2.06. The summed E-state index contributed by atoms with van der Waals surface area (Å²) in [6, 6.07) is 16.8. The SMILES string of the molecule is O=C(NCC=Cc1ccccc1)c1cccc(Cl)c1. The molecular weight excluding hydrogens is 258 g/mol. The number of benzene rings is 2. The number of amides is 1. The van der Waals surface area contributed by atoms with Crippen molar-refractivity contribution in [2.45, 2.75) is 0 Å². The first-order valence-corrected chi connectivity index (χ1v) is 6.39. The van der Waals surface area contributed by atoms with Gasteiger partial charge in [0.25, 0.3) is 5.91 Å². The van der Waals surface area contributed by atoms with Gasteiger partial charge in [-0.25, -0.2) is 0 Å². The van der Waals surface area contributed by atoms with Crippen molar-refractivity contribution in [1.29, 1.82) is 0 Å². The quantitative estimate of drug-likeness (QED) is 0.901. The zero-order valence-electron chi connectivity index (χ0n) is 10.3. The standard InChI is InChI=1S/C16H14ClNO/c17-15-10-4-9-14(12-15)16(19)18-11-5-8-13-6-2-1-3-7-13/h1-10,12H,11H2,(H,18,19). The van der Waals surface area contributed by atoms with Gasteiger partial charge in [-0.1, -0.05) is 60.2 Å². The number of hydrogen-bond donors (Lipinski definition) is 1. The predicted molar refractivity (Wildman–Crippen MR) is 79.3 cm³/mol. The highest BCUT2D eigenvalue weighted by Gasteiger charge is 2.03. The molecule has 0 fully saturated rings. The molecule has 0 saturated carbocycles. The molecule has 1 N–H and O–H groups in total. The summed E-state index contributed by atoms with van der Waals surface area (Å²) in [6.45, 7) is 0.486. The summed E-state index contributed by atoms with van der Waals surface area (Å²) in [6.07, 6.45) is 3.88. The Bertz CT molecular complexity index is 578. The van der Waals surface area contributed by atoms with Crippen molar-refractivity contribution < 1.29 is 4.79 Å². The van der Waals surface area contributed by atoms with Gasteiger partial charge < -0.3 is 5.32 Å². The van der Waals surface area contributed by atoms with Crippen molar-refractivity contribution in [3.05, 3.63) is 76.8 Å². The van der Waals surface area contributed by atoms with Crippen LogP contribution < -0.4 is 5.32 Å². The van der Waals surface area contributed by atoms with E-state index < -0.39 is 0 Å². The van der Waals surface area contributed by atoms with Crippen LogP contribution in [0.3, 0.4) is 0 Å². The van der Waals surface area contributed by atoms with E-state index in [0.29, 0.717) is 17.1 Å². The van der Waals surface area contributed by atoms with Crippen molar-refractivity contribution in [3.8, 4) is 0 Å². The van der Waals surface area contributed by atoms with Crippen molar-refractivity contribution in [2.75, 3.05) is 6.54 Å². The summed E-state index contributed by atoms with van der Waals surface area (Å²) in [5.41, 5.74) is 1.68. The molecule has 2 aromatic carbocycles. The van der Waals surface area contributed by atoms with Gasteiger partial charge in [0.15, 0.2) is 0 Å². The average Bonchev–Trinajstić information content (AvgIpc) is 2.44. The fourth-order valence-corrected chi connectivity index (χ4v) is 1.83. The Balaban J connectivity index is 1.86. The monoisotopic (exact) mass is 271 g/mol. The predicted octanol–water partition coefficient (Wildman–Crippen LogP) is 3.78. The van der Waals surface area contributed by atoms with Crippen LogP contribution in [0.25, 0.3) is 6.08 Å². The summed E-state index contributed by atoms with van der Waals surface area (Å²) in [5, 5.41) is 3.37. The van der Waals surface area contributed by atoms with Crippen LogP contribution in [0.15, 0.2) is 60.7 Å². The highest BCUT2D eigenvalue weighted by atomic mass is 35.5. The highest BCUT2D eigenvalue weighted by molar-refractivity contribution is 6.30. The minimum atomic E-state index is -0.125. The van der Waals surface area contributed by atoms with E-state index in [4.69, 9.17) is 11.6 Å². The van der Waals surface area contributed by atoms with Crippen molar-refractivity contribution in [2.24, 2.45) is 0 Å². The number of hydrogen-bond acceptors (Lipinski definition) is 1. The lowest BCUT2D eigenvalue weighted by Crippen LogP contribution is -2.23. The molecule has 0 unspecified atom stereocenters. The molecular formula is C16H14ClNO. The Morgan fingerprint density at radius 2 is 1.89 bits per heavy atom. The Kier molecular flexibility index (Phi) is 4.76. The number of carbonyl (C=O) groups excluding carboxylic acids is 1. The van der Waals surface area contributed by atoms with Gasteiger partial charge in [0.1, 0.15) is 0 Å². The second kappa shape index (κ2) is 6.76. The lowest BCUT2D eigenvalue weighted by molar-refractivity contribution is 0.0958. The van der Waals surface area contributed by atoms with Crippen LogP contribution in [0, 0.1) is 0 Å². The van der Waals surface area contributed by atoms with E-state index >= 15 is 0 Å². The Morgan fingerprint density at radius 3 is 2.63 bits per heavy atom. The van der Waals surface area contributed by atoms with E-state index in [1.165, 1.54) is 0 Å². The summed E-state index contributed by atoms with van der Waals surface area (Å²) < 4.78 is 0. The van der Waals surface area contributed by atoms with Gasteiger partial charge in [0, 0.05) is 17.1 Å². The molecule has 2 rings (SSSR count). The molecule has 19 heavy (non-hydrogen) atoms. The lowest BCUT2D eigenvalue weighted by atomic mass is 10.2. The van der Waals surface area contributed by atoms with Gasteiger partial charge in [0.2, 0.25) is 0 Å². The topological polar surface area (TPSA) is 29.1 Å². The van der Waals surface area contributed by atoms with E-state index in [-0.39, 0.29) is 5.91 Å². The Morgan fingerprint density at radius 1 is 1.11 bits per heavy atom. The van der Waals surface area contributed by atoms with Gasteiger partial charge >= 0.3 is 0 Å². The lowest BCUT2D eigenvalue weighted by Gasteiger charge is -2.02. The molecule has 2 aromatic rings. The number of rotatable bonds is 4. The second-order valence-corrected chi connectivity index (χ2v) is 4.47. The molecule has 3 heteroatoms. The zero-order valence-corrected chi connectivity index (χ0v) is 11.1. The van der Waals surface area contributed by atoms with E-state index in [9.17, 15) is 4.79 Å². The van der Waals surface area contributed by atoms with E-state index in [1.54, 1.807) is 24.3 Å². The molecule has 1 amide bonds. The fraction of sp³-hybridized carbons (Fsp3) is 0.0625. The van der Waals surface area contributed by atoms with Crippen LogP contribution in [0.2, 0.25) is 5.02 Å². The van der Waals surface area contributed by atoms with Crippen LogP contribution in [0.1, 0.15) is 15.9 Å². The summed E-state index contributed by atoms with van der Waals surface area (Å²) in [7, 11) is 0. The maximum Gasteiger partial charge on any atom is 0.251 e. The maximum absolute atomic E-state index is 11.8. The molecule has 96 valence electrons. The van der Waals surface area contributed by atoms with Gasteiger partial charge in [-0.3, -0.25) is 4.79 Å². The largest absolute Gasteiger partial charge is 0.349 e. The minimum absolute atomic E-state index is 0.125. The summed E-state index contributed by atoms with van der Waals surface area (Å²) >= 11 is 5.84. The minimum Gasteiger partial charge on any atom is -0.349 e. The first-order chi connectivity index (χ1) is 9.25. The molecule has 0 aliphatic heterocycles. The molecule has 0 aliphatic rings. The zero-order chi connectivity index (χ0) is 13.5. The average molecular weight is 272 g/mol. The van der Waals surface area contributed by atoms with Crippen LogP contribution >= 0.6 is 11.6 Å². The van der Waals surface area contributed by atoms with Gasteiger partial charge in [0.05, 0.1) is 0 Å². The molecule has 0 heterocycles.